The molecule has 0 aliphatic carbocycles. The molecule has 0 fully saturated rings. The Morgan fingerprint density at radius 3 is 2.43 bits per heavy atom. The summed E-state index contributed by atoms with van der Waals surface area (Å²) in [4.78, 5) is 20.2. The lowest BCUT2D eigenvalue weighted by atomic mass is 10.1. The molecule has 6 nitrogen and oxygen atoms in total. The Morgan fingerprint density at radius 1 is 1.19 bits per heavy atom. The summed E-state index contributed by atoms with van der Waals surface area (Å²) < 4.78 is 5.11. The van der Waals surface area contributed by atoms with Crippen molar-refractivity contribution >= 4 is 11.7 Å². The fourth-order valence-electron chi connectivity index (χ4n) is 1.82. The second-order valence-corrected chi connectivity index (χ2v) is 4.51. The van der Waals surface area contributed by atoms with Crippen molar-refractivity contribution in [3.63, 3.8) is 0 Å². The third kappa shape index (κ3) is 3.68. The van der Waals surface area contributed by atoms with Crippen LogP contribution >= 0.6 is 0 Å². The molecule has 1 heterocycles. The molecule has 2 aromatic rings. The van der Waals surface area contributed by atoms with Gasteiger partial charge in [-0.2, -0.15) is 0 Å². The fourth-order valence-corrected chi connectivity index (χ4v) is 1.82. The van der Waals surface area contributed by atoms with E-state index in [0.717, 1.165) is 11.3 Å². The Labute approximate surface area is 123 Å². The number of rotatable bonds is 5. The van der Waals surface area contributed by atoms with Crippen LogP contribution in [0.1, 0.15) is 29.0 Å². The lowest BCUT2D eigenvalue weighted by molar-refractivity contribution is 0.0934. The minimum Gasteiger partial charge on any atom is -0.497 e. The maximum atomic E-state index is 12.1. The summed E-state index contributed by atoms with van der Waals surface area (Å²) in [6.45, 7) is 1.91. The Kier molecular flexibility index (Phi) is 4.71. The number of methoxy groups -OCH3 is 1. The van der Waals surface area contributed by atoms with Crippen molar-refractivity contribution in [3.8, 4) is 5.75 Å². The number of anilines is 1. The molecule has 1 atom stereocenters. The van der Waals surface area contributed by atoms with Crippen LogP contribution in [0.4, 0.5) is 5.82 Å². The third-order valence-corrected chi connectivity index (χ3v) is 3.10. The molecule has 2 rings (SSSR count). The van der Waals surface area contributed by atoms with Gasteiger partial charge in [0, 0.05) is 7.05 Å². The summed E-state index contributed by atoms with van der Waals surface area (Å²) in [5.41, 5.74) is 1.28. The zero-order valence-electron chi connectivity index (χ0n) is 12.3. The quantitative estimate of drug-likeness (QED) is 0.879. The normalized spacial score (nSPS) is 11.6. The van der Waals surface area contributed by atoms with Crippen LogP contribution in [0, 0.1) is 0 Å². The summed E-state index contributed by atoms with van der Waals surface area (Å²) in [7, 11) is 3.36. The first-order valence-electron chi connectivity index (χ1n) is 6.58. The van der Waals surface area contributed by atoms with Crippen molar-refractivity contribution in [2.24, 2.45) is 0 Å². The number of aromatic nitrogens is 2. The average molecular weight is 286 g/mol. The number of benzene rings is 1. The van der Waals surface area contributed by atoms with Gasteiger partial charge in [0.25, 0.3) is 5.91 Å². The third-order valence-electron chi connectivity index (χ3n) is 3.10. The molecule has 0 aliphatic heterocycles. The highest BCUT2D eigenvalue weighted by atomic mass is 16.5. The van der Waals surface area contributed by atoms with Crippen molar-refractivity contribution in [2.45, 2.75) is 13.0 Å². The number of nitrogens with one attached hydrogen (secondary N) is 2. The largest absolute Gasteiger partial charge is 0.497 e. The first kappa shape index (κ1) is 14.8. The standard InChI is InChI=1S/C15H18N4O2/c1-10(11-4-6-12(21-3)7-5-11)19-15(20)13-8-18-14(16-2)9-17-13/h4-10H,1-3H3,(H,16,18)(H,19,20). The Bertz CT molecular complexity index is 596. The maximum Gasteiger partial charge on any atom is 0.271 e. The summed E-state index contributed by atoms with van der Waals surface area (Å²) in [6.07, 6.45) is 2.97. The Balaban J connectivity index is 2.03. The highest BCUT2D eigenvalue weighted by Crippen LogP contribution is 2.17. The fraction of sp³-hybridized carbons (Fsp3) is 0.267. The van der Waals surface area contributed by atoms with Gasteiger partial charge in [-0.15, -0.1) is 0 Å². The Hall–Kier alpha value is -2.63. The topological polar surface area (TPSA) is 76.1 Å². The van der Waals surface area contributed by atoms with E-state index in [-0.39, 0.29) is 17.6 Å². The van der Waals surface area contributed by atoms with Crippen LogP contribution in [0.3, 0.4) is 0 Å². The van der Waals surface area contributed by atoms with Crippen LogP contribution in [0.25, 0.3) is 0 Å². The average Bonchev–Trinajstić information content (AvgIpc) is 2.55. The molecule has 0 saturated carbocycles. The molecule has 110 valence electrons. The van der Waals surface area contributed by atoms with Crippen LogP contribution in [0.5, 0.6) is 5.75 Å². The SMILES string of the molecule is CNc1cnc(C(=O)NC(C)c2ccc(OC)cc2)cn1. The second kappa shape index (κ2) is 6.69. The van der Waals surface area contributed by atoms with Crippen molar-refractivity contribution in [3.05, 3.63) is 47.9 Å². The summed E-state index contributed by atoms with van der Waals surface area (Å²) >= 11 is 0. The van der Waals surface area contributed by atoms with Gasteiger partial charge in [-0.3, -0.25) is 4.79 Å². The molecule has 1 amide bonds. The predicted molar refractivity (Wildman–Crippen MR) is 80.5 cm³/mol. The van der Waals surface area contributed by atoms with Crippen molar-refractivity contribution in [2.75, 3.05) is 19.5 Å². The molecule has 1 unspecified atom stereocenters. The van der Waals surface area contributed by atoms with Gasteiger partial charge >= 0.3 is 0 Å². The van der Waals surface area contributed by atoms with E-state index in [1.165, 1.54) is 12.4 Å². The van der Waals surface area contributed by atoms with Gasteiger partial charge in [-0.05, 0) is 24.6 Å². The molecule has 0 spiro atoms. The van der Waals surface area contributed by atoms with E-state index in [2.05, 4.69) is 20.6 Å². The highest BCUT2D eigenvalue weighted by molar-refractivity contribution is 5.92. The Morgan fingerprint density at radius 2 is 1.90 bits per heavy atom. The monoisotopic (exact) mass is 286 g/mol. The predicted octanol–water partition coefficient (Wildman–Crippen LogP) is 2.02. The molecular formula is C15H18N4O2. The molecule has 2 N–H and O–H groups in total. The van der Waals surface area contributed by atoms with Gasteiger partial charge in [0.1, 0.15) is 17.3 Å². The van der Waals surface area contributed by atoms with E-state index in [9.17, 15) is 4.79 Å². The van der Waals surface area contributed by atoms with Crippen LogP contribution in [-0.2, 0) is 0 Å². The minimum absolute atomic E-state index is 0.130. The number of hydrogen-bond donors (Lipinski definition) is 2. The zero-order chi connectivity index (χ0) is 15.2. The van der Waals surface area contributed by atoms with E-state index in [1.54, 1.807) is 14.2 Å². The van der Waals surface area contributed by atoms with E-state index in [4.69, 9.17) is 4.74 Å². The van der Waals surface area contributed by atoms with E-state index in [0.29, 0.717) is 5.82 Å². The second-order valence-electron chi connectivity index (χ2n) is 4.51. The molecule has 6 heteroatoms. The first-order valence-corrected chi connectivity index (χ1v) is 6.58. The number of carbonyl (C=O) groups excluding carboxylic acids is 1. The van der Waals surface area contributed by atoms with Crippen LogP contribution in [-0.4, -0.2) is 30.0 Å². The summed E-state index contributed by atoms with van der Waals surface area (Å²) in [5, 5.41) is 5.74. The van der Waals surface area contributed by atoms with E-state index < -0.39 is 0 Å². The van der Waals surface area contributed by atoms with Gasteiger partial charge in [0.05, 0.1) is 25.5 Å². The molecule has 0 saturated heterocycles. The number of amides is 1. The van der Waals surface area contributed by atoms with Gasteiger partial charge in [-0.1, -0.05) is 12.1 Å². The molecule has 0 bridgehead atoms. The first-order chi connectivity index (χ1) is 10.1. The number of hydrogen-bond acceptors (Lipinski definition) is 5. The molecule has 1 aromatic carbocycles. The van der Waals surface area contributed by atoms with Gasteiger partial charge in [-0.25, -0.2) is 9.97 Å². The molecular weight excluding hydrogens is 268 g/mol. The number of carbonyl (C=O) groups is 1. The van der Waals surface area contributed by atoms with Crippen molar-refractivity contribution < 1.29 is 9.53 Å². The maximum absolute atomic E-state index is 12.1. The highest BCUT2D eigenvalue weighted by Gasteiger charge is 2.13. The van der Waals surface area contributed by atoms with Crippen LogP contribution in [0.15, 0.2) is 36.7 Å². The van der Waals surface area contributed by atoms with Gasteiger partial charge < -0.3 is 15.4 Å². The smallest absolute Gasteiger partial charge is 0.271 e. The van der Waals surface area contributed by atoms with Gasteiger partial charge in [0.2, 0.25) is 0 Å². The minimum atomic E-state index is -0.256. The lowest BCUT2D eigenvalue weighted by Gasteiger charge is -2.14. The van der Waals surface area contributed by atoms with Crippen molar-refractivity contribution in [1.29, 1.82) is 0 Å². The number of nitrogens with zero attached hydrogens (tertiary/aromatic N) is 2. The van der Waals surface area contributed by atoms with Crippen LogP contribution < -0.4 is 15.4 Å². The van der Waals surface area contributed by atoms with Crippen LogP contribution in [0.2, 0.25) is 0 Å². The van der Waals surface area contributed by atoms with Crippen molar-refractivity contribution in [1.82, 2.24) is 15.3 Å². The molecule has 21 heavy (non-hydrogen) atoms. The summed E-state index contributed by atoms with van der Waals surface area (Å²) in [5.74, 6) is 1.15. The molecule has 1 aromatic heterocycles. The summed E-state index contributed by atoms with van der Waals surface area (Å²) in [6, 6.07) is 7.42. The van der Waals surface area contributed by atoms with E-state index >= 15 is 0 Å². The molecule has 0 radical (unpaired) electrons. The van der Waals surface area contributed by atoms with E-state index in [1.807, 2.05) is 31.2 Å². The number of ether oxygens (including phenoxy) is 1. The zero-order valence-corrected chi connectivity index (χ0v) is 12.3. The van der Waals surface area contributed by atoms with Gasteiger partial charge in [0.15, 0.2) is 0 Å². The lowest BCUT2D eigenvalue weighted by Crippen LogP contribution is -2.27. The molecule has 0 aliphatic rings.